The lowest BCUT2D eigenvalue weighted by Gasteiger charge is -2.38. The van der Waals surface area contributed by atoms with Gasteiger partial charge in [0, 0.05) is 24.2 Å². The smallest absolute Gasteiger partial charge is 0.232 e. The molecule has 0 bridgehead atoms. The fourth-order valence-corrected chi connectivity index (χ4v) is 5.73. The molecule has 0 N–H and O–H groups in total. The summed E-state index contributed by atoms with van der Waals surface area (Å²) in [5, 5.41) is 0.637. The Labute approximate surface area is 248 Å². The number of nitrogens with zero attached hydrogens (tertiary/aromatic N) is 2. The number of benzene rings is 3. The zero-order valence-corrected chi connectivity index (χ0v) is 25.3. The van der Waals surface area contributed by atoms with E-state index in [9.17, 15) is 9.59 Å². The van der Waals surface area contributed by atoms with Crippen molar-refractivity contribution >= 4 is 29.1 Å². The Morgan fingerprint density at radius 1 is 1.05 bits per heavy atom. The Balaban J connectivity index is 1.55. The molecule has 2 amide bonds. The van der Waals surface area contributed by atoms with Crippen LogP contribution in [0.25, 0.3) is 0 Å². The number of methoxy groups -OCH3 is 1. The van der Waals surface area contributed by atoms with E-state index in [1.54, 1.807) is 14.0 Å². The Morgan fingerprint density at radius 3 is 2.32 bits per heavy atom. The van der Waals surface area contributed by atoms with E-state index < -0.39 is 0 Å². The number of carbonyl (C=O) groups is 2. The van der Waals surface area contributed by atoms with Crippen LogP contribution < -0.4 is 14.4 Å². The number of amides is 2. The van der Waals surface area contributed by atoms with E-state index in [2.05, 4.69) is 13.8 Å². The molecule has 1 saturated carbocycles. The van der Waals surface area contributed by atoms with E-state index in [0.717, 1.165) is 40.9 Å². The van der Waals surface area contributed by atoms with Crippen LogP contribution in [0, 0.1) is 5.92 Å². The van der Waals surface area contributed by atoms with Crippen molar-refractivity contribution in [1.29, 1.82) is 0 Å². The summed E-state index contributed by atoms with van der Waals surface area (Å²) in [6.45, 7) is 8.62. The van der Waals surface area contributed by atoms with E-state index in [1.807, 2.05) is 77.4 Å². The SMILES string of the molecule is CCC(C)Oc1cc2c(cc1OC)CC(=O)N(c1ccc(C(C)N(CC3CC3)C(C)=O)cc1)C2c1ccc(Cl)cc1. The molecule has 1 heterocycles. The van der Waals surface area contributed by atoms with Crippen molar-refractivity contribution in [2.75, 3.05) is 18.6 Å². The number of fused-ring (bicyclic) bond motifs is 1. The molecule has 5 rings (SSSR count). The average Bonchev–Trinajstić information content (AvgIpc) is 3.79. The van der Waals surface area contributed by atoms with Crippen molar-refractivity contribution in [3.63, 3.8) is 0 Å². The maximum atomic E-state index is 13.8. The minimum atomic E-state index is -0.374. The summed E-state index contributed by atoms with van der Waals surface area (Å²) in [4.78, 5) is 30.1. The van der Waals surface area contributed by atoms with Crippen LogP contribution in [0.1, 0.15) is 81.3 Å². The summed E-state index contributed by atoms with van der Waals surface area (Å²) in [7, 11) is 1.62. The van der Waals surface area contributed by atoms with Gasteiger partial charge < -0.3 is 19.3 Å². The van der Waals surface area contributed by atoms with Gasteiger partial charge in [-0.05, 0) is 97.7 Å². The highest BCUT2D eigenvalue weighted by Gasteiger charge is 2.36. The molecule has 2 aliphatic rings. The van der Waals surface area contributed by atoms with E-state index in [0.29, 0.717) is 22.4 Å². The first-order valence-corrected chi connectivity index (χ1v) is 14.9. The summed E-state index contributed by atoms with van der Waals surface area (Å²) in [5.74, 6) is 1.98. The molecule has 216 valence electrons. The molecule has 0 spiro atoms. The number of halogens is 1. The second-order valence-electron chi connectivity index (χ2n) is 11.3. The van der Waals surface area contributed by atoms with Gasteiger partial charge >= 0.3 is 0 Å². The highest BCUT2D eigenvalue weighted by atomic mass is 35.5. The van der Waals surface area contributed by atoms with Gasteiger partial charge in [-0.1, -0.05) is 42.8 Å². The van der Waals surface area contributed by atoms with Gasteiger partial charge in [0.2, 0.25) is 11.8 Å². The van der Waals surface area contributed by atoms with E-state index in [4.69, 9.17) is 21.1 Å². The predicted molar refractivity (Wildman–Crippen MR) is 163 cm³/mol. The van der Waals surface area contributed by atoms with Gasteiger partial charge in [-0.25, -0.2) is 0 Å². The molecule has 0 saturated heterocycles. The summed E-state index contributed by atoms with van der Waals surface area (Å²) < 4.78 is 11.9. The maximum Gasteiger partial charge on any atom is 0.232 e. The van der Waals surface area contributed by atoms with Crippen LogP contribution in [0.15, 0.2) is 60.7 Å². The molecular formula is C34H39ClN2O4. The molecule has 3 aromatic rings. The Hall–Kier alpha value is -3.51. The highest BCUT2D eigenvalue weighted by Crippen LogP contribution is 2.44. The van der Waals surface area contributed by atoms with Crippen molar-refractivity contribution < 1.29 is 19.1 Å². The fraction of sp³-hybridized carbons (Fsp3) is 0.412. The normalized spacial score (nSPS) is 18.0. The Morgan fingerprint density at radius 2 is 1.73 bits per heavy atom. The first kappa shape index (κ1) is 29.0. The number of hydrogen-bond donors (Lipinski definition) is 0. The monoisotopic (exact) mass is 574 g/mol. The van der Waals surface area contributed by atoms with Gasteiger partial charge in [0.1, 0.15) is 0 Å². The topological polar surface area (TPSA) is 59.1 Å². The summed E-state index contributed by atoms with van der Waals surface area (Å²) in [6.07, 6.45) is 3.50. The summed E-state index contributed by atoms with van der Waals surface area (Å²) in [6, 6.07) is 19.3. The minimum Gasteiger partial charge on any atom is -0.493 e. The van der Waals surface area contributed by atoms with Crippen LogP contribution in [0.5, 0.6) is 11.5 Å². The lowest BCUT2D eigenvalue weighted by molar-refractivity contribution is -0.131. The molecule has 1 aliphatic heterocycles. The molecule has 6 nitrogen and oxygen atoms in total. The van der Waals surface area contributed by atoms with Crippen molar-refractivity contribution in [1.82, 2.24) is 4.90 Å². The lowest BCUT2D eigenvalue weighted by atomic mass is 9.86. The predicted octanol–water partition coefficient (Wildman–Crippen LogP) is 7.52. The molecule has 0 aromatic heterocycles. The first-order valence-electron chi connectivity index (χ1n) is 14.5. The number of ether oxygens (including phenoxy) is 2. The van der Waals surface area contributed by atoms with E-state index in [1.165, 1.54) is 12.8 Å². The molecule has 1 fully saturated rings. The van der Waals surface area contributed by atoms with Crippen molar-refractivity contribution in [3.05, 3.63) is 87.9 Å². The van der Waals surface area contributed by atoms with Crippen molar-refractivity contribution in [2.24, 2.45) is 5.92 Å². The van der Waals surface area contributed by atoms with E-state index >= 15 is 0 Å². The van der Waals surface area contributed by atoms with Gasteiger partial charge in [0.05, 0.1) is 31.7 Å². The number of carbonyl (C=O) groups excluding carboxylic acids is 2. The minimum absolute atomic E-state index is 0.00464. The van der Waals surface area contributed by atoms with Crippen LogP contribution in [-0.2, 0) is 16.0 Å². The number of anilines is 1. The standard InChI is InChI=1S/C34H39ClN2O4/c1-6-21(2)41-32-19-30-27(17-31(32)40-5)18-33(39)37(34(30)26-9-13-28(35)14-10-26)29-15-11-25(12-16-29)22(3)36(23(4)38)20-24-7-8-24/h9-17,19,21-22,24,34H,6-8,18,20H2,1-5H3. The zero-order chi connectivity index (χ0) is 29.3. The molecule has 3 unspecified atom stereocenters. The molecule has 1 aliphatic carbocycles. The zero-order valence-electron chi connectivity index (χ0n) is 24.5. The molecule has 0 radical (unpaired) electrons. The van der Waals surface area contributed by atoms with Gasteiger partial charge in [0.15, 0.2) is 11.5 Å². The first-order chi connectivity index (χ1) is 19.7. The van der Waals surface area contributed by atoms with Gasteiger partial charge in [-0.3, -0.25) is 9.59 Å². The fourth-order valence-electron chi connectivity index (χ4n) is 5.61. The molecule has 7 heteroatoms. The van der Waals surface area contributed by atoms with Crippen molar-refractivity contribution in [2.45, 2.75) is 71.6 Å². The van der Waals surface area contributed by atoms with Crippen LogP contribution in [0.2, 0.25) is 5.02 Å². The van der Waals surface area contributed by atoms with Crippen LogP contribution >= 0.6 is 11.6 Å². The third-order valence-corrected chi connectivity index (χ3v) is 8.61. The van der Waals surface area contributed by atoms with Gasteiger partial charge in [-0.15, -0.1) is 0 Å². The number of rotatable bonds is 10. The third kappa shape index (κ3) is 6.23. The maximum absolute atomic E-state index is 13.8. The van der Waals surface area contributed by atoms with Crippen LogP contribution in [0.3, 0.4) is 0 Å². The number of hydrogen-bond acceptors (Lipinski definition) is 4. The third-order valence-electron chi connectivity index (χ3n) is 8.35. The van der Waals surface area contributed by atoms with Crippen molar-refractivity contribution in [3.8, 4) is 11.5 Å². The molecular weight excluding hydrogens is 536 g/mol. The molecule has 41 heavy (non-hydrogen) atoms. The Bertz CT molecular complexity index is 1400. The second kappa shape index (κ2) is 12.2. The van der Waals surface area contributed by atoms with Crippen LogP contribution in [0.4, 0.5) is 5.69 Å². The highest BCUT2D eigenvalue weighted by molar-refractivity contribution is 6.30. The largest absolute Gasteiger partial charge is 0.493 e. The molecule has 3 aromatic carbocycles. The Kier molecular flexibility index (Phi) is 8.60. The van der Waals surface area contributed by atoms with Gasteiger partial charge in [0.25, 0.3) is 0 Å². The lowest BCUT2D eigenvalue weighted by Crippen LogP contribution is -2.41. The average molecular weight is 575 g/mol. The van der Waals surface area contributed by atoms with Gasteiger partial charge in [-0.2, -0.15) is 0 Å². The molecule has 3 atom stereocenters. The summed E-state index contributed by atoms with van der Waals surface area (Å²) in [5.41, 5.74) is 4.71. The van der Waals surface area contributed by atoms with E-state index in [-0.39, 0.29) is 36.4 Å². The second-order valence-corrected chi connectivity index (χ2v) is 11.8. The summed E-state index contributed by atoms with van der Waals surface area (Å²) >= 11 is 6.26. The van der Waals surface area contributed by atoms with Crippen LogP contribution in [-0.4, -0.2) is 36.5 Å². The quantitative estimate of drug-likeness (QED) is 0.251.